The van der Waals surface area contributed by atoms with E-state index in [9.17, 15) is 4.79 Å². The quantitative estimate of drug-likeness (QED) is 0.434. The van der Waals surface area contributed by atoms with Crippen LogP contribution in [-0.4, -0.2) is 5.78 Å². The van der Waals surface area contributed by atoms with Crippen molar-refractivity contribution in [3.63, 3.8) is 0 Å². The lowest BCUT2D eigenvalue weighted by molar-refractivity contribution is -0.119. The molecule has 128 valence electrons. The molecule has 0 amide bonds. The normalized spacial score (nSPS) is 24.3. The van der Waals surface area contributed by atoms with E-state index in [-0.39, 0.29) is 0 Å². The zero-order valence-corrected chi connectivity index (χ0v) is 14.8. The molecule has 0 atom stereocenters. The molecule has 0 heterocycles. The summed E-state index contributed by atoms with van der Waals surface area (Å²) in [6.45, 7) is 0. The third-order valence-corrected chi connectivity index (χ3v) is 4.82. The summed E-state index contributed by atoms with van der Waals surface area (Å²) in [6.07, 6.45) is 27.4. The van der Waals surface area contributed by atoms with Gasteiger partial charge in [0.2, 0.25) is 0 Å². The third kappa shape index (κ3) is 13.1. The fraction of sp³-hybridized carbons (Fsp3) is 0.857. The van der Waals surface area contributed by atoms with Crippen LogP contribution in [0.5, 0.6) is 0 Å². The van der Waals surface area contributed by atoms with Crippen molar-refractivity contribution in [1.82, 2.24) is 0 Å². The van der Waals surface area contributed by atoms with Crippen molar-refractivity contribution in [1.29, 1.82) is 0 Å². The van der Waals surface area contributed by atoms with Gasteiger partial charge in [0.15, 0.2) is 0 Å². The van der Waals surface area contributed by atoms with E-state index in [1.165, 1.54) is 89.9 Å². The van der Waals surface area contributed by atoms with Gasteiger partial charge >= 0.3 is 0 Å². The molecule has 1 aliphatic carbocycles. The molecule has 0 aromatic heterocycles. The highest BCUT2D eigenvalue weighted by Crippen LogP contribution is 2.14. The van der Waals surface area contributed by atoms with Crippen molar-refractivity contribution < 1.29 is 4.79 Å². The third-order valence-electron chi connectivity index (χ3n) is 4.82. The molecule has 0 radical (unpaired) electrons. The number of Topliss-reactive ketones (excluding diaryl/α,β-unsaturated/α-hetero) is 1. The van der Waals surface area contributed by atoms with Gasteiger partial charge in [0.05, 0.1) is 0 Å². The van der Waals surface area contributed by atoms with Crippen molar-refractivity contribution in [2.45, 2.75) is 116 Å². The maximum atomic E-state index is 11.8. The molecule has 1 nitrogen and oxygen atoms in total. The Morgan fingerprint density at radius 3 is 1.18 bits per heavy atom. The van der Waals surface area contributed by atoms with E-state index < -0.39 is 0 Å². The summed E-state index contributed by atoms with van der Waals surface area (Å²) in [4.78, 5) is 11.8. The monoisotopic (exact) mass is 306 g/mol. The van der Waals surface area contributed by atoms with Crippen molar-refractivity contribution >= 4 is 5.78 Å². The first-order chi connectivity index (χ1) is 10.9. The fourth-order valence-corrected chi connectivity index (χ4v) is 3.30. The maximum absolute atomic E-state index is 11.8. The molecule has 1 heteroatoms. The smallest absolute Gasteiger partial charge is 0.132 e. The first kappa shape index (κ1) is 19.5. The van der Waals surface area contributed by atoms with E-state index in [2.05, 4.69) is 12.2 Å². The van der Waals surface area contributed by atoms with Crippen LogP contribution in [0.2, 0.25) is 0 Å². The molecule has 0 fully saturated rings. The van der Waals surface area contributed by atoms with Crippen LogP contribution >= 0.6 is 0 Å². The molecule has 1 rings (SSSR count). The predicted octanol–water partition coefficient (Wildman–Crippen LogP) is 7.15. The summed E-state index contributed by atoms with van der Waals surface area (Å²) in [5.41, 5.74) is 0. The van der Waals surface area contributed by atoms with Gasteiger partial charge in [-0.2, -0.15) is 0 Å². The Hall–Kier alpha value is -0.590. The van der Waals surface area contributed by atoms with Crippen LogP contribution in [0.25, 0.3) is 0 Å². The lowest BCUT2D eigenvalue weighted by atomic mass is 10.0. The minimum atomic E-state index is 0.511. The van der Waals surface area contributed by atoms with Crippen molar-refractivity contribution in [3.05, 3.63) is 12.2 Å². The first-order valence-electron chi connectivity index (χ1n) is 10.1. The summed E-state index contributed by atoms with van der Waals surface area (Å²) in [7, 11) is 0. The molecule has 0 saturated carbocycles. The Kier molecular flexibility index (Phi) is 13.5. The highest BCUT2D eigenvalue weighted by Gasteiger charge is 2.02. The Morgan fingerprint density at radius 1 is 0.455 bits per heavy atom. The minimum absolute atomic E-state index is 0.511. The molecule has 0 bridgehead atoms. The highest BCUT2D eigenvalue weighted by atomic mass is 16.1. The number of hydrogen-bond acceptors (Lipinski definition) is 1. The van der Waals surface area contributed by atoms with E-state index >= 15 is 0 Å². The standard InChI is InChI=1S/C21H38O/c22-21-19-17-15-13-11-9-7-5-3-1-2-4-6-8-10-12-14-16-18-20-21/h1-2H,3-20H2/b2-1+. The summed E-state index contributed by atoms with van der Waals surface area (Å²) in [6, 6.07) is 0. The number of ketones is 1. The number of carbonyl (C=O) groups excluding carboxylic acids is 1. The zero-order chi connectivity index (χ0) is 15.7. The van der Waals surface area contributed by atoms with Crippen molar-refractivity contribution in [3.8, 4) is 0 Å². The van der Waals surface area contributed by atoms with Crippen LogP contribution in [0.1, 0.15) is 116 Å². The second-order valence-electron chi connectivity index (χ2n) is 7.04. The van der Waals surface area contributed by atoms with Gasteiger partial charge in [-0.25, -0.2) is 0 Å². The van der Waals surface area contributed by atoms with Crippen molar-refractivity contribution in [2.24, 2.45) is 0 Å². The largest absolute Gasteiger partial charge is 0.300 e. The molecule has 0 aromatic carbocycles. The van der Waals surface area contributed by atoms with Crippen LogP contribution in [0.3, 0.4) is 0 Å². The fourth-order valence-electron chi connectivity index (χ4n) is 3.30. The maximum Gasteiger partial charge on any atom is 0.132 e. The van der Waals surface area contributed by atoms with Gasteiger partial charge in [-0.15, -0.1) is 0 Å². The molecule has 0 spiro atoms. The van der Waals surface area contributed by atoms with E-state index in [1.54, 1.807) is 0 Å². The van der Waals surface area contributed by atoms with Crippen LogP contribution in [0.4, 0.5) is 0 Å². The van der Waals surface area contributed by atoms with Gasteiger partial charge in [-0.3, -0.25) is 4.79 Å². The lowest BCUT2D eigenvalue weighted by Gasteiger charge is -2.03. The SMILES string of the molecule is O=C1CCCCCCCCC/C=C/CCCCCCCCC1. The average Bonchev–Trinajstić information content (AvgIpc) is 2.52. The number of carbonyl (C=O) groups is 1. The summed E-state index contributed by atoms with van der Waals surface area (Å²) in [5, 5.41) is 0. The Morgan fingerprint density at radius 2 is 0.773 bits per heavy atom. The molecular weight excluding hydrogens is 268 g/mol. The number of hydrogen-bond donors (Lipinski definition) is 0. The predicted molar refractivity (Wildman–Crippen MR) is 97.3 cm³/mol. The van der Waals surface area contributed by atoms with E-state index in [1.807, 2.05) is 0 Å². The van der Waals surface area contributed by atoms with E-state index in [0.29, 0.717) is 5.78 Å². The second-order valence-corrected chi connectivity index (χ2v) is 7.04. The van der Waals surface area contributed by atoms with Gasteiger partial charge < -0.3 is 0 Å². The van der Waals surface area contributed by atoms with Gasteiger partial charge in [0.1, 0.15) is 5.78 Å². The number of rotatable bonds is 0. The molecule has 0 saturated heterocycles. The van der Waals surface area contributed by atoms with Crippen molar-refractivity contribution in [2.75, 3.05) is 0 Å². The molecule has 0 unspecified atom stereocenters. The van der Waals surface area contributed by atoms with E-state index in [4.69, 9.17) is 0 Å². The highest BCUT2D eigenvalue weighted by molar-refractivity contribution is 5.78. The molecule has 0 aliphatic heterocycles. The van der Waals surface area contributed by atoms with Gasteiger partial charge in [-0.1, -0.05) is 76.4 Å². The lowest BCUT2D eigenvalue weighted by Crippen LogP contribution is -1.97. The Bertz CT molecular complexity index is 254. The van der Waals surface area contributed by atoms with Crippen LogP contribution < -0.4 is 0 Å². The molecular formula is C21H38O. The molecule has 0 N–H and O–H groups in total. The van der Waals surface area contributed by atoms with Gasteiger partial charge in [0, 0.05) is 12.8 Å². The zero-order valence-electron chi connectivity index (χ0n) is 14.8. The van der Waals surface area contributed by atoms with Crippen LogP contribution in [-0.2, 0) is 4.79 Å². The van der Waals surface area contributed by atoms with Gasteiger partial charge in [-0.05, 0) is 38.5 Å². The number of allylic oxidation sites excluding steroid dienone is 2. The summed E-state index contributed by atoms with van der Waals surface area (Å²) < 4.78 is 0. The molecule has 0 aromatic rings. The minimum Gasteiger partial charge on any atom is -0.300 e. The van der Waals surface area contributed by atoms with E-state index in [0.717, 1.165) is 25.7 Å². The van der Waals surface area contributed by atoms with Crippen LogP contribution in [0, 0.1) is 0 Å². The Balaban J connectivity index is 2.14. The summed E-state index contributed by atoms with van der Waals surface area (Å²) >= 11 is 0. The van der Waals surface area contributed by atoms with Gasteiger partial charge in [0.25, 0.3) is 0 Å². The second kappa shape index (κ2) is 15.3. The van der Waals surface area contributed by atoms with Crippen LogP contribution in [0.15, 0.2) is 12.2 Å². The Labute approximate surface area is 139 Å². The topological polar surface area (TPSA) is 17.1 Å². The molecule has 1 aliphatic rings. The molecule has 22 heavy (non-hydrogen) atoms. The first-order valence-corrected chi connectivity index (χ1v) is 10.1. The summed E-state index contributed by atoms with van der Waals surface area (Å²) in [5.74, 6) is 0.511. The average molecular weight is 307 g/mol.